The van der Waals surface area contributed by atoms with Crippen LogP contribution in [0.2, 0.25) is 5.02 Å². The van der Waals surface area contributed by atoms with Crippen molar-refractivity contribution < 1.29 is 4.42 Å². The second-order valence-corrected chi connectivity index (χ2v) is 4.89. The second kappa shape index (κ2) is 5.07. The number of fused-ring (bicyclic) bond motifs is 1. The van der Waals surface area contributed by atoms with Gasteiger partial charge in [-0.05, 0) is 42.5 Å². The molecule has 0 saturated heterocycles. The molecule has 0 radical (unpaired) electrons. The number of anilines is 1. The van der Waals surface area contributed by atoms with E-state index in [1.54, 1.807) is 6.07 Å². The molecule has 0 saturated carbocycles. The number of oxazole rings is 1. The van der Waals surface area contributed by atoms with Crippen LogP contribution in [0, 0.1) is 4.84 Å². The van der Waals surface area contributed by atoms with Gasteiger partial charge in [-0.3, -0.25) is 4.57 Å². The lowest BCUT2D eigenvalue weighted by atomic mass is 10.3. The fourth-order valence-corrected chi connectivity index (χ4v) is 2.33. The van der Waals surface area contributed by atoms with Crippen LogP contribution in [0.5, 0.6) is 0 Å². The number of hydrogen-bond acceptors (Lipinski definition) is 3. The smallest absolute Gasteiger partial charge is 0.271 e. The fraction of sp³-hybridized carbons (Fsp3) is 0.0714. The van der Waals surface area contributed by atoms with E-state index in [1.807, 2.05) is 47.0 Å². The largest absolute Gasteiger partial charge is 0.429 e. The van der Waals surface area contributed by atoms with Gasteiger partial charge in [-0.15, -0.1) is 0 Å². The SMILES string of the molecule is S=c1oc2ccc(Cl)cc2n1CNc1ccccc1. The van der Waals surface area contributed by atoms with Gasteiger partial charge >= 0.3 is 0 Å². The van der Waals surface area contributed by atoms with E-state index >= 15 is 0 Å². The summed E-state index contributed by atoms with van der Waals surface area (Å²) in [5.74, 6) is 0. The molecule has 3 nitrogen and oxygen atoms in total. The van der Waals surface area contributed by atoms with Crippen molar-refractivity contribution in [2.45, 2.75) is 6.67 Å². The quantitative estimate of drug-likeness (QED) is 0.710. The highest BCUT2D eigenvalue weighted by Gasteiger charge is 2.06. The molecule has 0 aliphatic heterocycles. The number of rotatable bonds is 3. The van der Waals surface area contributed by atoms with E-state index in [2.05, 4.69) is 5.32 Å². The lowest BCUT2D eigenvalue weighted by molar-refractivity contribution is 0.546. The highest BCUT2D eigenvalue weighted by molar-refractivity contribution is 7.71. The Morgan fingerprint density at radius 1 is 1.16 bits per heavy atom. The van der Waals surface area contributed by atoms with E-state index in [9.17, 15) is 0 Å². The number of benzene rings is 2. The van der Waals surface area contributed by atoms with E-state index in [1.165, 1.54) is 0 Å². The van der Waals surface area contributed by atoms with Gasteiger partial charge in [0.2, 0.25) is 0 Å². The molecule has 3 rings (SSSR count). The first-order valence-electron chi connectivity index (χ1n) is 5.82. The van der Waals surface area contributed by atoms with Gasteiger partial charge in [-0.25, -0.2) is 0 Å². The van der Waals surface area contributed by atoms with Gasteiger partial charge < -0.3 is 9.73 Å². The Labute approximate surface area is 120 Å². The first-order valence-corrected chi connectivity index (χ1v) is 6.60. The standard InChI is InChI=1S/C14H11ClN2OS/c15-10-6-7-13-12(8-10)17(14(19)18-13)9-16-11-4-2-1-3-5-11/h1-8,16H,9H2. The molecular formula is C14H11ClN2OS. The van der Waals surface area contributed by atoms with Crippen molar-refractivity contribution in [3.05, 3.63) is 58.4 Å². The van der Waals surface area contributed by atoms with Crippen LogP contribution in [0.4, 0.5) is 5.69 Å². The fourth-order valence-electron chi connectivity index (χ4n) is 1.91. The van der Waals surface area contributed by atoms with Gasteiger partial charge in [0.1, 0.15) is 0 Å². The maximum absolute atomic E-state index is 6.01. The van der Waals surface area contributed by atoms with Crippen LogP contribution in [0.15, 0.2) is 52.9 Å². The van der Waals surface area contributed by atoms with Crippen LogP contribution in [0.1, 0.15) is 0 Å². The normalized spacial score (nSPS) is 10.8. The van der Waals surface area contributed by atoms with Crippen LogP contribution in [-0.2, 0) is 6.67 Å². The molecule has 0 unspecified atom stereocenters. The molecule has 3 aromatic rings. The molecular weight excluding hydrogens is 280 g/mol. The van der Waals surface area contributed by atoms with E-state index in [4.69, 9.17) is 28.2 Å². The molecule has 0 atom stereocenters. The Kier molecular flexibility index (Phi) is 3.27. The summed E-state index contributed by atoms with van der Waals surface area (Å²) in [4.78, 5) is 0.431. The average molecular weight is 291 g/mol. The minimum absolute atomic E-state index is 0.431. The summed E-state index contributed by atoms with van der Waals surface area (Å²) in [5.41, 5.74) is 2.66. The lowest BCUT2D eigenvalue weighted by Crippen LogP contribution is -2.07. The highest BCUT2D eigenvalue weighted by atomic mass is 35.5. The van der Waals surface area contributed by atoms with Crippen molar-refractivity contribution in [1.29, 1.82) is 0 Å². The van der Waals surface area contributed by atoms with E-state index < -0.39 is 0 Å². The Morgan fingerprint density at radius 2 is 1.95 bits per heavy atom. The topological polar surface area (TPSA) is 30.1 Å². The van der Waals surface area contributed by atoms with E-state index in [0.717, 1.165) is 16.8 Å². The van der Waals surface area contributed by atoms with Crippen molar-refractivity contribution in [2.24, 2.45) is 0 Å². The third-order valence-electron chi connectivity index (χ3n) is 2.84. The molecule has 96 valence electrons. The molecule has 0 aliphatic carbocycles. The molecule has 1 N–H and O–H groups in total. The zero-order valence-corrected chi connectivity index (χ0v) is 11.5. The van der Waals surface area contributed by atoms with Gasteiger partial charge in [-0.1, -0.05) is 29.8 Å². The summed E-state index contributed by atoms with van der Waals surface area (Å²) in [6, 6.07) is 15.4. The number of aromatic nitrogens is 1. The number of halogens is 1. The summed E-state index contributed by atoms with van der Waals surface area (Å²) in [5, 5.41) is 3.96. The zero-order valence-electron chi connectivity index (χ0n) is 9.97. The van der Waals surface area contributed by atoms with Gasteiger partial charge in [0, 0.05) is 10.7 Å². The molecule has 0 spiro atoms. The number of nitrogens with one attached hydrogen (secondary N) is 1. The zero-order chi connectivity index (χ0) is 13.2. The molecule has 1 heterocycles. The van der Waals surface area contributed by atoms with Crippen LogP contribution in [0.3, 0.4) is 0 Å². The molecule has 2 aromatic carbocycles. The summed E-state index contributed by atoms with van der Waals surface area (Å²) in [7, 11) is 0. The Balaban J connectivity index is 1.94. The Hall–Kier alpha value is -1.78. The Bertz CT molecular complexity index is 764. The van der Waals surface area contributed by atoms with Crippen LogP contribution in [0.25, 0.3) is 11.1 Å². The molecule has 1 aromatic heterocycles. The summed E-state index contributed by atoms with van der Waals surface area (Å²) >= 11 is 11.2. The van der Waals surface area contributed by atoms with Crippen molar-refractivity contribution in [2.75, 3.05) is 5.32 Å². The third kappa shape index (κ3) is 2.50. The van der Waals surface area contributed by atoms with E-state index in [-0.39, 0.29) is 0 Å². The lowest BCUT2D eigenvalue weighted by Gasteiger charge is -2.07. The van der Waals surface area contributed by atoms with Crippen molar-refractivity contribution in [3.63, 3.8) is 0 Å². The van der Waals surface area contributed by atoms with Crippen molar-refractivity contribution in [3.8, 4) is 0 Å². The summed E-state index contributed by atoms with van der Waals surface area (Å²) < 4.78 is 7.40. The first-order chi connectivity index (χ1) is 9.24. The minimum atomic E-state index is 0.431. The van der Waals surface area contributed by atoms with Gasteiger partial charge in [0.25, 0.3) is 4.84 Å². The van der Waals surface area contributed by atoms with Crippen LogP contribution >= 0.6 is 23.8 Å². The van der Waals surface area contributed by atoms with Gasteiger partial charge in [0.15, 0.2) is 5.58 Å². The Morgan fingerprint density at radius 3 is 2.74 bits per heavy atom. The average Bonchev–Trinajstić information content (AvgIpc) is 2.73. The number of nitrogens with zero attached hydrogens (tertiary/aromatic N) is 1. The number of hydrogen-bond donors (Lipinski definition) is 1. The number of para-hydroxylation sites is 1. The minimum Gasteiger partial charge on any atom is -0.429 e. The molecule has 19 heavy (non-hydrogen) atoms. The van der Waals surface area contributed by atoms with Crippen LogP contribution in [-0.4, -0.2) is 4.57 Å². The molecule has 0 aliphatic rings. The van der Waals surface area contributed by atoms with Crippen molar-refractivity contribution in [1.82, 2.24) is 4.57 Å². The molecule has 0 bridgehead atoms. The maximum Gasteiger partial charge on any atom is 0.271 e. The summed E-state index contributed by atoms with van der Waals surface area (Å²) in [6.07, 6.45) is 0. The highest BCUT2D eigenvalue weighted by Crippen LogP contribution is 2.22. The molecule has 0 amide bonds. The predicted molar refractivity (Wildman–Crippen MR) is 80.1 cm³/mol. The van der Waals surface area contributed by atoms with Crippen LogP contribution < -0.4 is 5.32 Å². The third-order valence-corrected chi connectivity index (χ3v) is 3.38. The van der Waals surface area contributed by atoms with Gasteiger partial charge in [-0.2, -0.15) is 0 Å². The summed E-state index contributed by atoms with van der Waals surface area (Å²) in [6.45, 7) is 0.538. The van der Waals surface area contributed by atoms with E-state index in [0.29, 0.717) is 16.5 Å². The predicted octanol–water partition coefficient (Wildman–Crippen LogP) is 4.69. The first kappa shape index (κ1) is 12.3. The van der Waals surface area contributed by atoms with Crippen molar-refractivity contribution >= 4 is 40.6 Å². The second-order valence-electron chi connectivity index (χ2n) is 4.11. The monoisotopic (exact) mass is 290 g/mol. The molecule has 5 heteroatoms. The van der Waals surface area contributed by atoms with Gasteiger partial charge in [0.05, 0.1) is 12.2 Å². The maximum atomic E-state index is 6.01. The molecule has 0 fully saturated rings.